The van der Waals surface area contributed by atoms with Crippen molar-refractivity contribution < 1.29 is 9.53 Å². The maximum Gasteiger partial charge on any atom is 0.355 e. The minimum absolute atomic E-state index is 0.321. The lowest BCUT2D eigenvalue weighted by Gasteiger charge is -2.15. The van der Waals surface area contributed by atoms with E-state index in [1.807, 2.05) is 35.0 Å². The van der Waals surface area contributed by atoms with Gasteiger partial charge in [0.15, 0.2) is 0 Å². The summed E-state index contributed by atoms with van der Waals surface area (Å²) in [6.45, 7) is 4.28. The Hall–Kier alpha value is -2.03. The third-order valence-corrected chi connectivity index (χ3v) is 2.96. The van der Waals surface area contributed by atoms with E-state index in [4.69, 9.17) is 4.74 Å². The van der Waals surface area contributed by atoms with Crippen LogP contribution in [-0.4, -0.2) is 17.6 Å². The van der Waals surface area contributed by atoms with E-state index in [1.54, 1.807) is 6.07 Å². The molecule has 0 saturated carbocycles. The van der Waals surface area contributed by atoms with Crippen molar-refractivity contribution in [3.8, 4) is 5.69 Å². The molecule has 0 amide bonds. The summed E-state index contributed by atoms with van der Waals surface area (Å²) in [5, 5.41) is 0. The molecule has 0 spiro atoms. The number of para-hydroxylation sites is 1. The van der Waals surface area contributed by atoms with Crippen molar-refractivity contribution in [2.24, 2.45) is 0 Å². The zero-order valence-corrected chi connectivity index (χ0v) is 10.9. The first kappa shape index (κ1) is 12.4. The Morgan fingerprint density at radius 3 is 2.56 bits per heavy atom. The highest BCUT2D eigenvalue weighted by molar-refractivity contribution is 5.88. The molecule has 18 heavy (non-hydrogen) atoms. The SMILES string of the molecule is COC(=O)c1cccn1-c1ccccc1C(C)C. The van der Waals surface area contributed by atoms with Crippen LogP contribution in [0.1, 0.15) is 35.8 Å². The van der Waals surface area contributed by atoms with Crippen LogP contribution in [0.15, 0.2) is 42.6 Å². The zero-order valence-electron chi connectivity index (χ0n) is 10.9. The summed E-state index contributed by atoms with van der Waals surface area (Å²) in [4.78, 5) is 11.7. The first-order chi connectivity index (χ1) is 8.65. The highest BCUT2D eigenvalue weighted by atomic mass is 16.5. The molecule has 0 N–H and O–H groups in total. The molecule has 2 rings (SSSR count). The summed E-state index contributed by atoms with van der Waals surface area (Å²) in [5.41, 5.74) is 2.78. The summed E-state index contributed by atoms with van der Waals surface area (Å²) in [5.74, 6) is 0.0765. The molecule has 0 unspecified atom stereocenters. The van der Waals surface area contributed by atoms with Gasteiger partial charge < -0.3 is 9.30 Å². The quantitative estimate of drug-likeness (QED) is 0.774. The van der Waals surface area contributed by atoms with E-state index in [2.05, 4.69) is 19.9 Å². The van der Waals surface area contributed by atoms with Gasteiger partial charge in [-0.25, -0.2) is 4.79 Å². The summed E-state index contributed by atoms with van der Waals surface area (Å²) < 4.78 is 6.67. The second-order valence-corrected chi connectivity index (χ2v) is 4.47. The molecule has 94 valence electrons. The number of methoxy groups -OCH3 is 1. The Balaban J connectivity index is 2.56. The standard InChI is InChI=1S/C15H17NO2/c1-11(2)12-7-4-5-8-13(12)16-10-6-9-14(16)15(17)18-3/h4-11H,1-3H3. The number of carbonyl (C=O) groups is 1. The molecule has 0 fully saturated rings. The predicted molar refractivity (Wildman–Crippen MR) is 71.2 cm³/mol. The molecule has 0 aliphatic rings. The fourth-order valence-corrected chi connectivity index (χ4v) is 2.06. The van der Waals surface area contributed by atoms with Crippen LogP contribution in [-0.2, 0) is 4.74 Å². The van der Waals surface area contributed by atoms with E-state index >= 15 is 0 Å². The number of carbonyl (C=O) groups excluding carboxylic acids is 1. The monoisotopic (exact) mass is 243 g/mol. The smallest absolute Gasteiger partial charge is 0.355 e. The molecule has 1 heterocycles. The van der Waals surface area contributed by atoms with Gasteiger partial charge in [-0.2, -0.15) is 0 Å². The van der Waals surface area contributed by atoms with Crippen molar-refractivity contribution >= 4 is 5.97 Å². The van der Waals surface area contributed by atoms with Gasteiger partial charge in [0.1, 0.15) is 5.69 Å². The van der Waals surface area contributed by atoms with E-state index < -0.39 is 0 Å². The average molecular weight is 243 g/mol. The number of esters is 1. The molecule has 0 radical (unpaired) electrons. The second-order valence-electron chi connectivity index (χ2n) is 4.47. The topological polar surface area (TPSA) is 31.2 Å². The number of aromatic nitrogens is 1. The van der Waals surface area contributed by atoms with Gasteiger partial charge in [-0.05, 0) is 29.7 Å². The average Bonchev–Trinajstić information content (AvgIpc) is 2.86. The number of nitrogens with zero attached hydrogens (tertiary/aromatic N) is 1. The maximum absolute atomic E-state index is 11.7. The normalized spacial score (nSPS) is 10.7. The number of hydrogen-bond donors (Lipinski definition) is 0. The van der Waals surface area contributed by atoms with Gasteiger partial charge in [0.05, 0.1) is 7.11 Å². The third kappa shape index (κ3) is 2.16. The third-order valence-electron chi connectivity index (χ3n) is 2.96. The van der Waals surface area contributed by atoms with Crippen LogP contribution in [0.3, 0.4) is 0 Å². The van der Waals surface area contributed by atoms with Crippen molar-refractivity contribution in [1.29, 1.82) is 0 Å². The molecule has 3 nitrogen and oxygen atoms in total. The Kier molecular flexibility index (Phi) is 3.51. The molecule has 2 aromatic rings. The van der Waals surface area contributed by atoms with Gasteiger partial charge in [0.2, 0.25) is 0 Å². The Labute approximate surface area is 107 Å². The van der Waals surface area contributed by atoms with Gasteiger partial charge in [-0.15, -0.1) is 0 Å². The first-order valence-electron chi connectivity index (χ1n) is 6.00. The van der Waals surface area contributed by atoms with Crippen LogP contribution in [0.2, 0.25) is 0 Å². The van der Waals surface area contributed by atoms with Crippen molar-refractivity contribution in [1.82, 2.24) is 4.57 Å². The number of benzene rings is 1. The molecule has 1 aromatic heterocycles. The number of rotatable bonds is 3. The molecule has 0 aliphatic heterocycles. The lowest BCUT2D eigenvalue weighted by atomic mass is 10.0. The van der Waals surface area contributed by atoms with Crippen molar-refractivity contribution in [3.63, 3.8) is 0 Å². The Bertz CT molecular complexity index is 555. The van der Waals surface area contributed by atoms with Crippen LogP contribution in [0.4, 0.5) is 0 Å². The molecule has 3 heteroatoms. The predicted octanol–water partition coefficient (Wildman–Crippen LogP) is 3.39. The Morgan fingerprint density at radius 1 is 1.17 bits per heavy atom. The van der Waals surface area contributed by atoms with Gasteiger partial charge >= 0.3 is 5.97 Å². The van der Waals surface area contributed by atoms with Gasteiger partial charge in [-0.3, -0.25) is 0 Å². The number of ether oxygens (including phenoxy) is 1. The fraction of sp³-hybridized carbons (Fsp3) is 0.267. The summed E-state index contributed by atoms with van der Waals surface area (Å²) in [6, 6.07) is 11.7. The summed E-state index contributed by atoms with van der Waals surface area (Å²) in [7, 11) is 1.40. The van der Waals surface area contributed by atoms with E-state index in [0.717, 1.165) is 5.69 Å². The summed E-state index contributed by atoms with van der Waals surface area (Å²) in [6.07, 6.45) is 1.88. The highest BCUT2D eigenvalue weighted by Gasteiger charge is 2.15. The molecule has 0 aliphatic carbocycles. The number of hydrogen-bond acceptors (Lipinski definition) is 2. The lowest BCUT2D eigenvalue weighted by Crippen LogP contribution is -2.10. The highest BCUT2D eigenvalue weighted by Crippen LogP contribution is 2.24. The van der Waals surface area contributed by atoms with Crippen molar-refractivity contribution in [2.45, 2.75) is 19.8 Å². The summed E-state index contributed by atoms with van der Waals surface area (Å²) >= 11 is 0. The van der Waals surface area contributed by atoms with E-state index in [9.17, 15) is 4.79 Å². The molecule has 0 bridgehead atoms. The van der Waals surface area contributed by atoms with Crippen LogP contribution in [0.5, 0.6) is 0 Å². The lowest BCUT2D eigenvalue weighted by molar-refractivity contribution is 0.0591. The van der Waals surface area contributed by atoms with Crippen LogP contribution >= 0.6 is 0 Å². The zero-order chi connectivity index (χ0) is 13.1. The molecule has 0 atom stereocenters. The second kappa shape index (κ2) is 5.08. The Morgan fingerprint density at radius 2 is 1.89 bits per heavy atom. The van der Waals surface area contributed by atoms with Crippen LogP contribution in [0, 0.1) is 0 Å². The van der Waals surface area contributed by atoms with E-state index in [1.165, 1.54) is 12.7 Å². The van der Waals surface area contributed by atoms with E-state index in [0.29, 0.717) is 11.6 Å². The largest absolute Gasteiger partial charge is 0.464 e. The van der Waals surface area contributed by atoms with Crippen LogP contribution in [0.25, 0.3) is 5.69 Å². The first-order valence-corrected chi connectivity index (χ1v) is 6.00. The minimum atomic E-state index is -0.321. The van der Waals surface area contributed by atoms with Gasteiger partial charge in [0.25, 0.3) is 0 Å². The molecular formula is C15H17NO2. The maximum atomic E-state index is 11.7. The molecule has 1 aromatic carbocycles. The molecule has 0 saturated heterocycles. The van der Waals surface area contributed by atoms with Gasteiger partial charge in [-0.1, -0.05) is 32.0 Å². The van der Waals surface area contributed by atoms with Crippen LogP contribution < -0.4 is 0 Å². The van der Waals surface area contributed by atoms with Gasteiger partial charge in [0, 0.05) is 11.9 Å². The molecular weight excluding hydrogens is 226 g/mol. The van der Waals surface area contributed by atoms with Crippen molar-refractivity contribution in [3.05, 3.63) is 53.9 Å². The minimum Gasteiger partial charge on any atom is -0.464 e. The fourth-order valence-electron chi connectivity index (χ4n) is 2.06. The van der Waals surface area contributed by atoms with Crippen molar-refractivity contribution in [2.75, 3.05) is 7.11 Å². The van der Waals surface area contributed by atoms with E-state index in [-0.39, 0.29) is 5.97 Å².